The molecule has 2 aliphatic heterocycles. The molecule has 2 aromatic rings. The number of esters is 1. The standard InChI is InChI=1S/C22H23NO3S2/c1-14-13-18-5-3-4-6-19(18)23(14)20(24)15(2)26-21(25)16-7-9-17(10-8-16)22-27-11-12-28-22/h3-10,14-15,22H,11-13H2,1-2H3/t14-,15+/m1/s1. The summed E-state index contributed by atoms with van der Waals surface area (Å²) in [5.41, 5.74) is 3.76. The van der Waals surface area contributed by atoms with E-state index < -0.39 is 12.1 Å². The molecule has 0 spiro atoms. The molecule has 0 aliphatic carbocycles. The number of para-hydroxylation sites is 1. The number of anilines is 1. The lowest BCUT2D eigenvalue weighted by molar-refractivity contribution is -0.126. The van der Waals surface area contributed by atoms with Gasteiger partial charge in [-0.25, -0.2) is 4.79 Å². The molecule has 1 saturated heterocycles. The van der Waals surface area contributed by atoms with Crippen molar-refractivity contribution in [3.63, 3.8) is 0 Å². The second-order valence-electron chi connectivity index (χ2n) is 7.13. The van der Waals surface area contributed by atoms with E-state index in [9.17, 15) is 9.59 Å². The number of hydrogen-bond acceptors (Lipinski definition) is 5. The monoisotopic (exact) mass is 413 g/mol. The molecule has 0 bridgehead atoms. The van der Waals surface area contributed by atoms with Gasteiger partial charge in [-0.05, 0) is 49.6 Å². The molecule has 2 aromatic carbocycles. The van der Waals surface area contributed by atoms with E-state index >= 15 is 0 Å². The van der Waals surface area contributed by atoms with Gasteiger partial charge in [0, 0.05) is 23.2 Å². The van der Waals surface area contributed by atoms with Crippen LogP contribution >= 0.6 is 23.5 Å². The van der Waals surface area contributed by atoms with E-state index in [1.807, 2.05) is 66.8 Å². The van der Waals surface area contributed by atoms with Crippen molar-refractivity contribution >= 4 is 41.1 Å². The van der Waals surface area contributed by atoms with Crippen LogP contribution in [0.5, 0.6) is 0 Å². The summed E-state index contributed by atoms with van der Waals surface area (Å²) in [7, 11) is 0. The maximum absolute atomic E-state index is 13.0. The normalized spacial score (nSPS) is 20.1. The predicted molar refractivity (Wildman–Crippen MR) is 116 cm³/mol. The molecule has 4 rings (SSSR count). The molecule has 0 aromatic heterocycles. The molecule has 2 atom stereocenters. The SMILES string of the molecule is C[C@H](OC(=O)c1ccc(C2SCCS2)cc1)C(=O)N1c2ccccc2C[C@H]1C. The predicted octanol–water partition coefficient (Wildman–Crippen LogP) is 4.69. The van der Waals surface area contributed by atoms with Gasteiger partial charge in [-0.15, -0.1) is 23.5 Å². The van der Waals surface area contributed by atoms with Crippen LogP contribution < -0.4 is 4.90 Å². The first-order chi connectivity index (χ1) is 13.5. The Morgan fingerprint density at radius 2 is 1.75 bits per heavy atom. The van der Waals surface area contributed by atoms with Gasteiger partial charge in [0.15, 0.2) is 6.10 Å². The van der Waals surface area contributed by atoms with E-state index in [2.05, 4.69) is 0 Å². The molecule has 1 amide bonds. The number of carbonyl (C=O) groups excluding carboxylic acids is 2. The number of ether oxygens (including phenoxy) is 1. The molecule has 0 unspecified atom stereocenters. The van der Waals surface area contributed by atoms with Gasteiger partial charge >= 0.3 is 5.97 Å². The van der Waals surface area contributed by atoms with E-state index in [1.54, 1.807) is 24.0 Å². The highest BCUT2D eigenvalue weighted by Gasteiger charge is 2.34. The first-order valence-corrected chi connectivity index (χ1v) is 11.6. The van der Waals surface area contributed by atoms with E-state index in [4.69, 9.17) is 4.74 Å². The lowest BCUT2D eigenvalue weighted by Gasteiger charge is -2.26. The number of benzene rings is 2. The minimum atomic E-state index is -0.832. The largest absolute Gasteiger partial charge is 0.449 e. The summed E-state index contributed by atoms with van der Waals surface area (Å²) < 4.78 is 5.95. The zero-order valence-corrected chi connectivity index (χ0v) is 17.6. The van der Waals surface area contributed by atoms with Gasteiger partial charge in [0.05, 0.1) is 10.1 Å². The molecule has 4 nitrogen and oxygen atoms in total. The van der Waals surface area contributed by atoms with Crippen molar-refractivity contribution in [2.45, 2.75) is 37.0 Å². The Labute approximate surface area is 174 Å². The van der Waals surface area contributed by atoms with Crippen LogP contribution in [0.4, 0.5) is 5.69 Å². The Kier molecular flexibility index (Phi) is 5.69. The summed E-state index contributed by atoms with van der Waals surface area (Å²) >= 11 is 3.86. The zero-order chi connectivity index (χ0) is 19.7. The third-order valence-corrected chi connectivity index (χ3v) is 8.22. The highest BCUT2D eigenvalue weighted by Crippen LogP contribution is 2.45. The van der Waals surface area contributed by atoms with Gasteiger partial charge < -0.3 is 9.64 Å². The second kappa shape index (κ2) is 8.21. The number of nitrogens with zero attached hydrogens (tertiary/aromatic N) is 1. The maximum Gasteiger partial charge on any atom is 0.338 e. The van der Waals surface area contributed by atoms with Gasteiger partial charge in [0.2, 0.25) is 0 Å². The summed E-state index contributed by atoms with van der Waals surface area (Å²) in [5, 5.41) is 0. The third-order valence-electron chi connectivity index (χ3n) is 5.12. The lowest BCUT2D eigenvalue weighted by Crippen LogP contribution is -2.43. The fourth-order valence-electron chi connectivity index (χ4n) is 3.70. The van der Waals surface area contributed by atoms with Crippen molar-refractivity contribution in [3.05, 3.63) is 65.2 Å². The van der Waals surface area contributed by atoms with Gasteiger partial charge in [0.25, 0.3) is 5.91 Å². The molecule has 2 aliphatic rings. The van der Waals surface area contributed by atoms with E-state index in [0.717, 1.165) is 29.2 Å². The highest BCUT2D eigenvalue weighted by molar-refractivity contribution is 8.19. The van der Waals surface area contributed by atoms with Crippen molar-refractivity contribution < 1.29 is 14.3 Å². The number of rotatable bonds is 4. The number of thioether (sulfide) groups is 2. The number of fused-ring (bicyclic) bond motifs is 1. The molecule has 2 heterocycles. The van der Waals surface area contributed by atoms with Crippen LogP contribution in [0.15, 0.2) is 48.5 Å². The topological polar surface area (TPSA) is 46.6 Å². The molecular weight excluding hydrogens is 390 g/mol. The first kappa shape index (κ1) is 19.4. The average Bonchev–Trinajstić information content (AvgIpc) is 3.34. The zero-order valence-electron chi connectivity index (χ0n) is 16.0. The Morgan fingerprint density at radius 1 is 1.07 bits per heavy atom. The maximum atomic E-state index is 13.0. The van der Waals surface area contributed by atoms with Crippen LogP contribution in [-0.2, 0) is 16.0 Å². The van der Waals surface area contributed by atoms with Gasteiger partial charge in [-0.3, -0.25) is 4.79 Å². The van der Waals surface area contributed by atoms with Crippen LogP contribution in [0.3, 0.4) is 0 Å². The minimum absolute atomic E-state index is 0.0618. The number of hydrogen-bond donors (Lipinski definition) is 0. The first-order valence-electron chi connectivity index (χ1n) is 9.49. The van der Waals surface area contributed by atoms with Crippen molar-refractivity contribution in [1.82, 2.24) is 0 Å². The van der Waals surface area contributed by atoms with Gasteiger partial charge in [0.1, 0.15) is 0 Å². The Bertz CT molecular complexity index is 878. The van der Waals surface area contributed by atoms with Crippen LogP contribution in [-0.4, -0.2) is 35.5 Å². The number of amides is 1. The van der Waals surface area contributed by atoms with Gasteiger partial charge in [-0.1, -0.05) is 30.3 Å². The summed E-state index contributed by atoms with van der Waals surface area (Å²) in [6.07, 6.45) is -0.0111. The van der Waals surface area contributed by atoms with Crippen LogP contribution in [0.2, 0.25) is 0 Å². The van der Waals surface area contributed by atoms with E-state index in [1.165, 1.54) is 5.56 Å². The summed E-state index contributed by atoms with van der Waals surface area (Å²) in [6.45, 7) is 3.66. The smallest absolute Gasteiger partial charge is 0.338 e. The second-order valence-corrected chi connectivity index (χ2v) is 9.86. The Morgan fingerprint density at radius 3 is 2.46 bits per heavy atom. The number of carbonyl (C=O) groups is 2. The Balaban J connectivity index is 1.42. The highest BCUT2D eigenvalue weighted by atomic mass is 32.2. The minimum Gasteiger partial charge on any atom is -0.449 e. The van der Waals surface area contributed by atoms with Crippen molar-refractivity contribution in [2.24, 2.45) is 0 Å². The summed E-state index contributed by atoms with van der Waals surface area (Å²) in [5.74, 6) is 1.69. The lowest BCUT2D eigenvalue weighted by atomic mass is 10.1. The fraction of sp³-hybridized carbons (Fsp3) is 0.364. The molecule has 0 saturated carbocycles. The third kappa shape index (κ3) is 3.80. The molecule has 0 radical (unpaired) electrons. The molecule has 1 fully saturated rings. The molecule has 28 heavy (non-hydrogen) atoms. The Hall–Kier alpha value is -1.92. The fourth-order valence-corrected chi connectivity index (χ4v) is 6.56. The summed E-state index contributed by atoms with van der Waals surface area (Å²) in [4.78, 5) is 27.2. The van der Waals surface area contributed by atoms with Crippen molar-refractivity contribution in [1.29, 1.82) is 0 Å². The van der Waals surface area contributed by atoms with Crippen LogP contribution in [0.1, 0.15) is 39.9 Å². The summed E-state index contributed by atoms with van der Waals surface area (Å²) in [6, 6.07) is 15.5. The van der Waals surface area contributed by atoms with Gasteiger partial charge in [-0.2, -0.15) is 0 Å². The molecule has 6 heteroatoms. The molecule has 0 N–H and O–H groups in total. The van der Waals surface area contributed by atoms with Crippen LogP contribution in [0, 0.1) is 0 Å². The van der Waals surface area contributed by atoms with Crippen molar-refractivity contribution in [3.8, 4) is 0 Å². The van der Waals surface area contributed by atoms with E-state index in [-0.39, 0.29) is 11.9 Å². The van der Waals surface area contributed by atoms with E-state index in [0.29, 0.717) is 10.1 Å². The van der Waals surface area contributed by atoms with Crippen molar-refractivity contribution in [2.75, 3.05) is 16.4 Å². The molecule has 146 valence electrons. The quantitative estimate of drug-likeness (QED) is 0.681. The molecular formula is C22H23NO3S2. The average molecular weight is 414 g/mol. The van der Waals surface area contributed by atoms with Crippen LogP contribution in [0.25, 0.3) is 0 Å².